The Hall–Kier alpha value is -2.88. The van der Waals surface area contributed by atoms with E-state index in [0.717, 1.165) is 3.97 Å². The SMILES string of the molecule is CC(C)N(C(C)C)C(C)(C)C.CNC(=O)OCc1cc(-c2cccnc2Cl)n(S(=O)(=O)c2ccccc2)c1. The number of nitrogens with zero attached hydrogens (tertiary/aromatic N) is 3. The fraction of sp³-hybridized carbons (Fsp3) is 0.429. The minimum atomic E-state index is -3.88. The van der Waals surface area contributed by atoms with Crippen molar-refractivity contribution in [2.45, 2.75) is 77.6 Å². The van der Waals surface area contributed by atoms with Gasteiger partial charge in [0.2, 0.25) is 0 Å². The Bertz CT molecular complexity index is 1290. The van der Waals surface area contributed by atoms with E-state index < -0.39 is 16.1 Å². The molecule has 0 unspecified atom stereocenters. The standard InChI is InChI=1S/C18H16ClN3O4S.C10H23N/c1-20-18(23)26-12-13-10-16(15-8-5-9-21-17(15)19)22(11-13)27(24,25)14-6-3-2-4-7-14;1-8(2)11(9(3)4)10(5,6)7/h2-11H,12H2,1H3,(H,20,23);8-9H,1-7H3. The summed E-state index contributed by atoms with van der Waals surface area (Å²) < 4.78 is 32.4. The first-order valence-electron chi connectivity index (χ1n) is 12.5. The molecular formula is C28H39ClN4O4S. The summed E-state index contributed by atoms with van der Waals surface area (Å²) >= 11 is 6.17. The maximum absolute atomic E-state index is 13.1. The van der Waals surface area contributed by atoms with E-state index in [-0.39, 0.29) is 16.7 Å². The number of alkyl carbamates (subject to hydrolysis) is 1. The van der Waals surface area contributed by atoms with Gasteiger partial charge in [0.15, 0.2) is 0 Å². The second-order valence-electron chi connectivity index (χ2n) is 10.3. The minimum Gasteiger partial charge on any atom is -0.445 e. The van der Waals surface area contributed by atoms with Gasteiger partial charge in [0.05, 0.1) is 10.6 Å². The van der Waals surface area contributed by atoms with Gasteiger partial charge in [0.25, 0.3) is 10.0 Å². The smallest absolute Gasteiger partial charge is 0.407 e. The average Bonchev–Trinajstić information content (AvgIpc) is 3.27. The normalized spacial score (nSPS) is 11.9. The van der Waals surface area contributed by atoms with E-state index in [1.54, 1.807) is 36.4 Å². The van der Waals surface area contributed by atoms with Crippen molar-refractivity contribution in [3.63, 3.8) is 0 Å². The highest BCUT2D eigenvalue weighted by Crippen LogP contribution is 2.31. The number of halogens is 1. The Labute approximate surface area is 232 Å². The summed E-state index contributed by atoms with van der Waals surface area (Å²) in [5, 5.41) is 2.50. The molecule has 1 amide bonds. The van der Waals surface area contributed by atoms with Crippen molar-refractivity contribution in [3.05, 3.63) is 71.6 Å². The Balaban J connectivity index is 0.000000391. The zero-order valence-electron chi connectivity index (χ0n) is 23.4. The lowest BCUT2D eigenvalue weighted by Gasteiger charge is -2.42. The van der Waals surface area contributed by atoms with Gasteiger partial charge in [-0.15, -0.1) is 0 Å². The third-order valence-corrected chi connectivity index (χ3v) is 7.63. The van der Waals surface area contributed by atoms with E-state index in [0.29, 0.717) is 34.4 Å². The van der Waals surface area contributed by atoms with Crippen LogP contribution in [0.4, 0.5) is 4.79 Å². The van der Waals surface area contributed by atoms with E-state index >= 15 is 0 Å². The summed E-state index contributed by atoms with van der Waals surface area (Å²) in [6.45, 7) is 15.7. The van der Waals surface area contributed by atoms with Crippen LogP contribution in [0, 0.1) is 0 Å². The predicted molar refractivity (Wildman–Crippen MR) is 153 cm³/mol. The molecule has 0 fully saturated rings. The number of rotatable bonds is 7. The summed E-state index contributed by atoms with van der Waals surface area (Å²) in [7, 11) is -2.44. The molecule has 3 rings (SSSR count). The molecule has 0 bridgehead atoms. The maximum Gasteiger partial charge on any atom is 0.407 e. The highest BCUT2D eigenvalue weighted by molar-refractivity contribution is 7.90. The van der Waals surface area contributed by atoms with E-state index in [4.69, 9.17) is 16.3 Å². The number of amides is 1. The maximum atomic E-state index is 13.1. The number of hydrogen-bond acceptors (Lipinski definition) is 6. The molecule has 2 heterocycles. The molecule has 0 saturated carbocycles. The van der Waals surface area contributed by atoms with Crippen LogP contribution >= 0.6 is 11.6 Å². The van der Waals surface area contributed by atoms with Gasteiger partial charge >= 0.3 is 6.09 Å². The van der Waals surface area contributed by atoms with E-state index in [2.05, 4.69) is 63.7 Å². The Morgan fingerprint density at radius 2 is 1.68 bits per heavy atom. The van der Waals surface area contributed by atoms with Crippen molar-refractivity contribution >= 4 is 27.7 Å². The van der Waals surface area contributed by atoms with Crippen LogP contribution < -0.4 is 5.32 Å². The monoisotopic (exact) mass is 562 g/mol. The summed E-state index contributed by atoms with van der Waals surface area (Å²) in [6.07, 6.45) is 2.30. The number of ether oxygens (including phenoxy) is 1. The average molecular weight is 563 g/mol. The molecule has 0 atom stereocenters. The first-order valence-corrected chi connectivity index (χ1v) is 14.3. The van der Waals surface area contributed by atoms with Gasteiger partial charge in [0, 0.05) is 48.2 Å². The number of carbonyl (C=O) groups excluding carboxylic acids is 1. The van der Waals surface area contributed by atoms with Crippen molar-refractivity contribution in [2.75, 3.05) is 7.05 Å². The summed E-state index contributed by atoms with van der Waals surface area (Å²) in [4.78, 5) is 18.0. The molecule has 1 aromatic carbocycles. The highest BCUT2D eigenvalue weighted by Gasteiger charge is 2.26. The second kappa shape index (κ2) is 13.3. The lowest BCUT2D eigenvalue weighted by atomic mass is 10.0. The van der Waals surface area contributed by atoms with E-state index in [1.807, 2.05) is 0 Å². The molecule has 0 spiro atoms. The van der Waals surface area contributed by atoms with Gasteiger partial charge in [-0.3, -0.25) is 4.90 Å². The number of nitrogens with one attached hydrogen (secondary N) is 1. The quantitative estimate of drug-likeness (QED) is 0.345. The Morgan fingerprint density at radius 3 is 2.16 bits per heavy atom. The van der Waals surface area contributed by atoms with Crippen molar-refractivity contribution in [3.8, 4) is 11.3 Å². The van der Waals surface area contributed by atoms with Gasteiger partial charge in [-0.25, -0.2) is 22.2 Å². The lowest BCUT2D eigenvalue weighted by Crippen LogP contribution is -2.49. The fourth-order valence-corrected chi connectivity index (χ4v) is 6.25. The molecule has 208 valence electrons. The molecule has 0 aliphatic carbocycles. The molecule has 38 heavy (non-hydrogen) atoms. The van der Waals surface area contributed by atoms with E-state index in [9.17, 15) is 13.2 Å². The van der Waals surface area contributed by atoms with Crippen LogP contribution in [-0.4, -0.2) is 53.0 Å². The van der Waals surface area contributed by atoms with Crippen molar-refractivity contribution in [2.24, 2.45) is 0 Å². The van der Waals surface area contributed by atoms with Gasteiger partial charge in [0.1, 0.15) is 11.8 Å². The van der Waals surface area contributed by atoms with Gasteiger partial charge in [-0.2, -0.15) is 0 Å². The Kier molecular flexibility index (Phi) is 10.9. The summed E-state index contributed by atoms with van der Waals surface area (Å²) in [5.74, 6) is 0. The van der Waals surface area contributed by atoms with Crippen LogP contribution in [0.15, 0.2) is 65.8 Å². The Morgan fingerprint density at radius 1 is 1.08 bits per heavy atom. The summed E-state index contributed by atoms with van der Waals surface area (Å²) in [6, 6.07) is 14.2. The molecule has 2 aromatic heterocycles. The first-order chi connectivity index (χ1) is 17.7. The number of pyridine rings is 1. The first kappa shape index (κ1) is 31.3. The molecule has 0 radical (unpaired) electrons. The van der Waals surface area contributed by atoms with Gasteiger partial charge < -0.3 is 10.1 Å². The van der Waals surface area contributed by atoms with Crippen molar-refractivity contribution in [1.29, 1.82) is 0 Å². The zero-order valence-corrected chi connectivity index (χ0v) is 25.0. The molecular weight excluding hydrogens is 524 g/mol. The third kappa shape index (κ3) is 8.06. The van der Waals surface area contributed by atoms with E-state index in [1.165, 1.54) is 31.6 Å². The third-order valence-electron chi connectivity index (χ3n) is 5.64. The molecule has 8 nitrogen and oxygen atoms in total. The van der Waals surface area contributed by atoms with Crippen LogP contribution in [0.2, 0.25) is 5.15 Å². The van der Waals surface area contributed by atoms with Crippen LogP contribution in [0.25, 0.3) is 11.3 Å². The number of hydrogen-bond donors (Lipinski definition) is 1. The molecule has 0 saturated heterocycles. The van der Waals surface area contributed by atoms with Crippen molar-refractivity contribution < 1.29 is 17.9 Å². The minimum absolute atomic E-state index is 0.0954. The topological polar surface area (TPSA) is 93.5 Å². The number of benzene rings is 1. The molecule has 1 N–H and O–H groups in total. The largest absolute Gasteiger partial charge is 0.445 e. The van der Waals surface area contributed by atoms with Crippen LogP contribution in [0.5, 0.6) is 0 Å². The second-order valence-corrected chi connectivity index (χ2v) is 12.5. The van der Waals surface area contributed by atoms with Crippen LogP contribution in [-0.2, 0) is 21.4 Å². The highest BCUT2D eigenvalue weighted by atomic mass is 35.5. The molecule has 0 aliphatic rings. The number of aromatic nitrogens is 2. The molecule has 3 aromatic rings. The van der Waals surface area contributed by atoms with Gasteiger partial charge in [-0.05, 0) is 78.8 Å². The fourth-order valence-electron chi connectivity index (χ4n) is 4.62. The lowest BCUT2D eigenvalue weighted by molar-refractivity contribution is 0.0641. The number of carbonyl (C=O) groups is 1. The summed E-state index contributed by atoms with van der Waals surface area (Å²) in [5.41, 5.74) is 1.56. The predicted octanol–water partition coefficient (Wildman–Crippen LogP) is 6.20. The molecule has 10 heteroatoms. The molecule has 0 aliphatic heterocycles. The van der Waals surface area contributed by atoms with Gasteiger partial charge in [-0.1, -0.05) is 29.8 Å². The zero-order chi connectivity index (χ0) is 28.7. The van der Waals surface area contributed by atoms with Crippen LogP contribution in [0.1, 0.15) is 54.0 Å². The van der Waals surface area contributed by atoms with Crippen LogP contribution in [0.3, 0.4) is 0 Å². The van der Waals surface area contributed by atoms with Crippen molar-refractivity contribution in [1.82, 2.24) is 19.2 Å².